The molecule has 178 valence electrons. The van der Waals surface area contributed by atoms with Gasteiger partial charge in [0, 0.05) is 23.7 Å². The van der Waals surface area contributed by atoms with Crippen LogP contribution >= 0.6 is 11.6 Å². The number of Topliss-reactive ketones (excluding diaryl/α,β-unsaturated/α-hetero) is 1. The number of hydrogen-bond donors (Lipinski definition) is 1. The Morgan fingerprint density at radius 2 is 1.97 bits per heavy atom. The van der Waals surface area contributed by atoms with Gasteiger partial charge >= 0.3 is 0 Å². The Labute approximate surface area is 207 Å². The van der Waals surface area contributed by atoms with Crippen LogP contribution in [0.1, 0.15) is 21.5 Å². The number of carbonyl (C=O) groups excluding carboxylic acids is 1. The molecule has 1 N–H and O–H groups in total. The van der Waals surface area contributed by atoms with Crippen LogP contribution in [0.5, 0.6) is 0 Å². The molecule has 1 aliphatic rings. The van der Waals surface area contributed by atoms with Gasteiger partial charge in [-0.25, -0.2) is 4.98 Å². The van der Waals surface area contributed by atoms with Crippen molar-refractivity contribution in [2.75, 3.05) is 36.6 Å². The van der Waals surface area contributed by atoms with Gasteiger partial charge in [-0.2, -0.15) is 15.1 Å². The lowest BCUT2D eigenvalue weighted by Crippen LogP contribution is -2.37. The summed E-state index contributed by atoms with van der Waals surface area (Å²) < 4.78 is 7.20. The van der Waals surface area contributed by atoms with E-state index in [1.165, 1.54) is 0 Å². The molecule has 0 saturated carbocycles. The van der Waals surface area contributed by atoms with E-state index in [-0.39, 0.29) is 12.3 Å². The molecule has 5 rings (SSSR count). The summed E-state index contributed by atoms with van der Waals surface area (Å²) in [5, 5.41) is 4.96. The van der Waals surface area contributed by atoms with E-state index in [2.05, 4.69) is 20.4 Å². The van der Waals surface area contributed by atoms with Crippen molar-refractivity contribution in [1.29, 1.82) is 0 Å². The molecule has 0 atom stereocenters. The molecule has 0 unspecified atom stereocenters. The third kappa shape index (κ3) is 5.31. The Morgan fingerprint density at radius 1 is 1.17 bits per heavy atom. The topological polar surface area (TPSA) is 97.5 Å². The number of rotatable bonds is 7. The predicted molar refractivity (Wildman–Crippen MR) is 137 cm³/mol. The number of nitrogens with zero attached hydrogens (tertiary/aromatic N) is 6. The number of hydrogen-bond acceptors (Lipinski definition) is 8. The highest BCUT2D eigenvalue weighted by Crippen LogP contribution is 2.24. The molecular weight excluding hydrogens is 466 g/mol. The van der Waals surface area contributed by atoms with Gasteiger partial charge in [-0.3, -0.25) is 10.2 Å². The van der Waals surface area contributed by atoms with Gasteiger partial charge in [0.1, 0.15) is 0 Å². The highest BCUT2D eigenvalue weighted by molar-refractivity contribution is 6.30. The van der Waals surface area contributed by atoms with Gasteiger partial charge in [-0.05, 0) is 36.8 Å². The fraction of sp³-hybridized carbons (Fsp3) is 0.240. The van der Waals surface area contributed by atoms with Crippen molar-refractivity contribution >= 4 is 46.5 Å². The number of carbonyl (C=O) groups is 1. The third-order valence-corrected chi connectivity index (χ3v) is 5.90. The quantitative estimate of drug-likeness (QED) is 0.238. The molecule has 0 bridgehead atoms. The molecule has 10 heteroatoms. The van der Waals surface area contributed by atoms with Gasteiger partial charge in [0.05, 0.1) is 32.3 Å². The number of aryl methyl sites for hydroxylation is 1. The zero-order chi connectivity index (χ0) is 24.2. The van der Waals surface area contributed by atoms with Crippen molar-refractivity contribution in [3.05, 3.63) is 76.6 Å². The first-order valence-corrected chi connectivity index (χ1v) is 11.6. The summed E-state index contributed by atoms with van der Waals surface area (Å²) in [6.07, 6.45) is 3.34. The maximum Gasteiger partial charge on any atom is 0.229 e. The van der Waals surface area contributed by atoms with Crippen molar-refractivity contribution in [1.82, 2.24) is 19.5 Å². The van der Waals surface area contributed by atoms with Crippen molar-refractivity contribution in [3.8, 4) is 0 Å². The maximum absolute atomic E-state index is 12.9. The summed E-state index contributed by atoms with van der Waals surface area (Å²) in [7, 11) is 0. The maximum atomic E-state index is 12.9. The van der Waals surface area contributed by atoms with Gasteiger partial charge in [-0.1, -0.05) is 41.4 Å². The molecule has 0 amide bonds. The number of imidazole rings is 1. The minimum Gasteiger partial charge on any atom is -0.378 e. The number of nitrogens with one attached hydrogen (secondary N) is 1. The molecule has 4 aromatic rings. The first-order chi connectivity index (χ1) is 17.1. The molecule has 2 aromatic carbocycles. The Balaban J connectivity index is 1.47. The molecule has 1 fully saturated rings. The predicted octanol–water partition coefficient (Wildman–Crippen LogP) is 3.95. The number of hydrazone groups is 1. The molecule has 2 aromatic heterocycles. The Morgan fingerprint density at radius 3 is 2.74 bits per heavy atom. The Hall–Kier alpha value is -3.82. The van der Waals surface area contributed by atoms with Crippen LogP contribution in [0.3, 0.4) is 0 Å². The van der Waals surface area contributed by atoms with Crippen LogP contribution in [-0.4, -0.2) is 57.8 Å². The highest BCUT2D eigenvalue weighted by Gasteiger charge is 2.20. The lowest BCUT2D eigenvalue weighted by molar-refractivity contribution is 0.0973. The Bertz CT molecular complexity index is 1380. The minimum atomic E-state index is -0.0699. The van der Waals surface area contributed by atoms with E-state index in [1.807, 2.05) is 31.2 Å². The van der Waals surface area contributed by atoms with E-state index in [0.717, 1.165) is 11.1 Å². The highest BCUT2D eigenvalue weighted by atomic mass is 35.5. The van der Waals surface area contributed by atoms with E-state index < -0.39 is 0 Å². The number of aromatic nitrogens is 4. The standard InChI is InChI=1S/C25H24ClN7O2/c1-17-3-2-4-18(13-17)14-28-31-23-22-24(30-25(29-23)32-9-11-35-12-10-32)33(16-27-22)15-21(34)19-5-7-20(26)8-6-19/h2-8,13-14,16H,9-12,15H2,1H3,(H,29,30,31)/b28-14+. The lowest BCUT2D eigenvalue weighted by atomic mass is 10.1. The largest absolute Gasteiger partial charge is 0.378 e. The third-order valence-electron chi connectivity index (χ3n) is 5.65. The molecule has 9 nitrogen and oxygen atoms in total. The van der Waals surface area contributed by atoms with Gasteiger partial charge in [0.15, 0.2) is 22.8 Å². The average molecular weight is 490 g/mol. The first-order valence-electron chi connectivity index (χ1n) is 11.3. The monoisotopic (exact) mass is 489 g/mol. The number of ether oxygens (including phenoxy) is 1. The molecule has 35 heavy (non-hydrogen) atoms. The number of anilines is 2. The van der Waals surface area contributed by atoms with E-state index in [0.29, 0.717) is 59.8 Å². The summed E-state index contributed by atoms with van der Waals surface area (Å²) in [6.45, 7) is 4.67. The SMILES string of the molecule is Cc1cccc(/C=N/Nc2nc(N3CCOCC3)nc3c2ncn3CC(=O)c2ccc(Cl)cc2)c1. The molecule has 1 saturated heterocycles. The Kier molecular flexibility index (Phi) is 6.69. The van der Waals surface area contributed by atoms with Crippen molar-refractivity contribution in [2.45, 2.75) is 13.5 Å². The van der Waals surface area contributed by atoms with Crippen LogP contribution in [0.2, 0.25) is 5.02 Å². The van der Waals surface area contributed by atoms with E-state index in [1.54, 1.807) is 41.4 Å². The summed E-state index contributed by atoms with van der Waals surface area (Å²) in [6, 6.07) is 14.9. The number of benzene rings is 2. The van der Waals surface area contributed by atoms with Crippen LogP contribution in [0.4, 0.5) is 11.8 Å². The van der Waals surface area contributed by atoms with Crippen LogP contribution in [0, 0.1) is 6.92 Å². The van der Waals surface area contributed by atoms with E-state index in [9.17, 15) is 4.79 Å². The number of fused-ring (bicyclic) bond motifs is 1. The summed E-state index contributed by atoms with van der Waals surface area (Å²) >= 11 is 5.96. The van der Waals surface area contributed by atoms with Crippen molar-refractivity contribution in [3.63, 3.8) is 0 Å². The average Bonchev–Trinajstić information content (AvgIpc) is 3.27. The normalized spacial score (nSPS) is 14.1. The number of halogens is 1. The van der Waals surface area contributed by atoms with Crippen LogP contribution in [-0.2, 0) is 11.3 Å². The molecular formula is C25H24ClN7O2. The zero-order valence-corrected chi connectivity index (χ0v) is 19.9. The van der Waals surface area contributed by atoms with Crippen LogP contribution in [0.15, 0.2) is 60.0 Å². The first kappa shape index (κ1) is 22.9. The second kappa shape index (κ2) is 10.2. The molecule has 3 heterocycles. The molecule has 0 radical (unpaired) electrons. The summed E-state index contributed by atoms with van der Waals surface area (Å²) in [5.74, 6) is 0.937. The molecule has 1 aliphatic heterocycles. The van der Waals surface area contributed by atoms with E-state index >= 15 is 0 Å². The summed E-state index contributed by atoms with van der Waals surface area (Å²) in [4.78, 5) is 28.9. The second-order valence-electron chi connectivity index (χ2n) is 8.23. The second-order valence-corrected chi connectivity index (χ2v) is 8.67. The minimum absolute atomic E-state index is 0.0699. The fourth-order valence-electron chi connectivity index (χ4n) is 3.83. The van der Waals surface area contributed by atoms with Crippen molar-refractivity contribution in [2.24, 2.45) is 5.10 Å². The summed E-state index contributed by atoms with van der Waals surface area (Å²) in [5.41, 5.74) is 6.80. The zero-order valence-electron chi connectivity index (χ0n) is 19.2. The van der Waals surface area contributed by atoms with Crippen LogP contribution < -0.4 is 10.3 Å². The number of morpholine rings is 1. The van der Waals surface area contributed by atoms with Gasteiger partial charge in [0.25, 0.3) is 0 Å². The van der Waals surface area contributed by atoms with Crippen LogP contribution in [0.25, 0.3) is 11.2 Å². The van der Waals surface area contributed by atoms with Gasteiger partial charge in [0.2, 0.25) is 5.95 Å². The van der Waals surface area contributed by atoms with Crippen molar-refractivity contribution < 1.29 is 9.53 Å². The fourth-order valence-corrected chi connectivity index (χ4v) is 3.96. The smallest absolute Gasteiger partial charge is 0.229 e. The number of ketones is 1. The molecule has 0 aliphatic carbocycles. The molecule has 0 spiro atoms. The van der Waals surface area contributed by atoms with Gasteiger partial charge < -0.3 is 14.2 Å². The van der Waals surface area contributed by atoms with E-state index in [4.69, 9.17) is 26.3 Å². The van der Waals surface area contributed by atoms with Gasteiger partial charge in [-0.15, -0.1) is 0 Å². The lowest BCUT2D eigenvalue weighted by Gasteiger charge is -2.27.